The number of aromatic nitrogens is 2. The zero-order chi connectivity index (χ0) is 19.3. The third-order valence-corrected chi connectivity index (χ3v) is 4.95. The molecule has 0 saturated carbocycles. The number of hydrogen-bond donors (Lipinski definition) is 1. The first-order valence-corrected chi connectivity index (χ1v) is 9.38. The van der Waals surface area contributed by atoms with Crippen molar-refractivity contribution in [2.24, 2.45) is 0 Å². The summed E-state index contributed by atoms with van der Waals surface area (Å²) in [4.78, 5) is 25.0. The number of aromatic carboxylic acids is 1. The van der Waals surface area contributed by atoms with Gasteiger partial charge < -0.3 is 10.0 Å². The first-order valence-electron chi connectivity index (χ1n) is 9.38. The highest BCUT2D eigenvalue weighted by molar-refractivity contribution is 5.93. The van der Waals surface area contributed by atoms with Gasteiger partial charge in [0.1, 0.15) is 11.4 Å². The Morgan fingerprint density at radius 2 is 1.57 bits per heavy atom. The number of piperazine rings is 1. The van der Waals surface area contributed by atoms with Gasteiger partial charge in [-0.2, -0.15) is 0 Å². The summed E-state index contributed by atoms with van der Waals surface area (Å²) < 4.78 is 0. The molecule has 6 heteroatoms. The molecule has 1 aliphatic rings. The summed E-state index contributed by atoms with van der Waals surface area (Å²) in [5.41, 5.74) is 2.31. The summed E-state index contributed by atoms with van der Waals surface area (Å²) in [5.74, 6) is 0.0503. The molecule has 1 fully saturated rings. The lowest BCUT2D eigenvalue weighted by Gasteiger charge is -2.36. The molecule has 0 unspecified atom stereocenters. The number of hydrogen-bond acceptors (Lipinski definition) is 5. The van der Waals surface area contributed by atoms with Crippen molar-refractivity contribution in [2.75, 3.05) is 31.1 Å². The zero-order valence-electron chi connectivity index (χ0n) is 15.5. The third-order valence-electron chi connectivity index (χ3n) is 4.95. The molecule has 4 rings (SSSR count). The van der Waals surface area contributed by atoms with Crippen molar-refractivity contribution in [1.29, 1.82) is 0 Å². The second kappa shape index (κ2) is 8.19. The molecule has 2 aromatic carbocycles. The van der Waals surface area contributed by atoms with Gasteiger partial charge in [-0.05, 0) is 5.56 Å². The molecule has 28 heavy (non-hydrogen) atoms. The fourth-order valence-corrected chi connectivity index (χ4v) is 3.45. The molecule has 6 nitrogen and oxygen atoms in total. The molecule has 0 atom stereocenters. The molecule has 1 aliphatic heterocycles. The van der Waals surface area contributed by atoms with Gasteiger partial charge >= 0.3 is 5.97 Å². The SMILES string of the molecule is O=C(O)c1cnc(-c2ccccc2)nc1N1CCN(Cc2ccccc2)CC1. The number of rotatable bonds is 5. The lowest BCUT2D eigenvalue weighted by Crippen LogP contribution is -2.46. The minimum atomic E-state index is -0.999. The van der Waals surface area contributed by atoms with Crippen LogP contribution in [0.4, 0.5) is 5.82 Å². The highest BCUT2D eigenvalue weighted by atomic mass is 16.4. The van der Waals surface area contributed by atoms with Crippen LogP contribution in [0.5, 0.6) is 0 Å². The van der Waals surface area contributed by atoms with Crippen LogP contribution in [0.1, 0.15) is 15.9 Å². The van der Waals surface area contributed by atoms with Gasteiger partial charge in [0.25, 0.3) is 0 Å². The summed E-state index contributed by atoms with van der Waals surface area (Å²) >= 11 is 0. The highest BCUT2D eigenvalue weighted by Crippen LogP contribution is 2.24. The normalized spacial score (nSPS) is 14.8. The van der Waals surface area contributed by atoms with Crippen molar-refractivity contribution in [3.8, 4) is 11.4 Å². The monoisotopic (exact) mass is 374 g/mol. The van der Waals surface area contributed by atoms with Crippen LogP contribution in [0.2, 0.25) is 0 Å². The summed E-state index contributed by atoms with van der Waals surface area (Å²) in [5, 5.41) is 9.59. The van der Waals surface area contributed by atoms with E-state index in [2.05, 4.69) is 44.0 Å². The molecule has 0 amide bonds. The van der Waals surface area contributed by atoms with Gasteiger partial charge in [0.05, 0.1) is 0 Å². The topological polar surface area (TPSA) is 69.6 Å². The van der Waals surface area contributed by atoms with Crippen molar-refractivity contribution < 1.29 is 9.90 Å². The summed E-state index contributed by atoms with van der Waals surface area (Å²) in [6, 6.07) is 20.0. The lowest BCUT2D eigenvalue weighted by atomic mass is 10.2. The number of carboxylic acid groups (broad SMARTS) is 1. The van der Waals surface area contributed by atoms with E-state index >= 15 is 0 Å². The zero-order valence-corrected chi connectivity index (χ0v) is 15.5. The molecule has 1 N–H and O–H groups in total. The Morgan fingerprint density at radius 1 is 0.929 bits per heavy atom. The van der Waals surface area contributed by atoms with Gasteiger partial charge in [0.15, 0.2) is 5.82 Å². The smallest absolute Gasteiger partial charge is 0.341 e. The Hall–Kier alpha value is -3.25. The highest BCUT2D eigenvalue weighted by Gasteiger charge is 2.24. The van der Waals surface area contributed by atoms with Crippen LogP contribution in [-0.2, 0) is 6.54 Å². The first kappa shape index (κ1) is 18.1. The molecular weight excluding hydrogens is 352 g/mol. The summed E-state index contributed by atoms with van der Waals surface area (Å²) in [7, 11) is 0. The molecule has 0 spiro atoms. The van der Waals surface area contributed by atoms with Crippen molar-refractivity contribution >= 4 is 11.8 Å². The predicted molar refractivity (Wildman–Crippen MR) is 108 cm³/mol. The van der Waals surface area contributed by atoms with E-state index in [1.54, 1.807) is 0 Å². The fourth-order valence-electron chi connectivity index (χ4n) is 3.45. The average Bonchev–Trinajstić information content (AvgIpc) is 2.75. The van der Waals surface area contributed by atoms with Crippen molar-refractivity contribution in [3.05, 3.63) is 78.0 Å². The minimum absolute atomic E-state index is 0.149. The third kappa shape index (κ3) is 4.02. The Balaban J connectivity index is 1.52. The largest absolute Gasteiger partial charge is 0.477 e. The van der Waals surface area contributed by atoms with E-state index in [4.69, 9.17) is 0 Å². The van der Waals surface area contributed by atoms with Crippen LogP contribution < -0.4 is 4.90 Å². The first-order chi connectivity index (χ1) is 13.7. The van der Waals surface area contributed by atoms with Crippen LogP contribution in [0.25, 0.3) is 11.4 Å². The Kier molecular flexibility index (Phi) is 5.30. The second-order valence-electron chi connectivity index (χ2n) is 6.85. The molecular formula is C22H22N4O2. The quantitative estimate of drug-likeness (QED) is 0.740. The number of nitrogens with zero attached hydrogens (tertiary/aromatic N) is 4. The van der Waals surface area contributed by atoms with Gasteiger partial charge in [-0.15, -0.1) is 0 Å². The maximum Gasteiger partial charge on any atom is 0.341 e. The Morgan fingerprint density at radius 3 is 2.21 bits per heavy atom. The van der Waals surface area contributed by atoms with Gasteiger partial charge in [-0.1, -0.05) is 60.7 Å². The van der Waals surface area contributed by atoms with E-state index in [0.29, 0.717) is 11.6 Å². The fraction of sp³-hybridized carbons (Fsp3) is 0.227. The molecule has 3 aromatic rings. The summed E-state index contributed by atoms with van der Waals surface area (Å²) in [6.07, 6.45) is 1.42. The number of anilines is 1. The Bertz CT molecular complexity index is 939. The number of benzene rings is 2. The number of carbonyl (C=O) groups is 1. The predicted octanol–water partition coefficient (Wildman–Crippen LogP) is 3.16. The maximum atomic E-state index is 11.7. The van der Waals surface area contributed by atoms with Crippen LogP contribution >= 0.6 is 0 Å². The van der Waals surface area contributed by atoms with E-state index in [1.807, 2.05) is 36.4 Å². The van der Waals surface area contributed by atoms with Gasteiger partial charge in [0, 0.05) is 44.5 Å². The molecule has 1 aromatic heterocycles. The van der Waals surface area contributed by atoms with Crippen LogP contribution in [-0.4, -0.2) is 52.1 Å². The van der Waals surface area contributed by atoms with E-state index in [1.165, 1.54) is 11.8 Å². The van der Waals surface area contributed by atoms with Gasteiger partial charge in [0.2, 0.25) is 0 Å². The average molecular weight is 374 g/mol. The van der Waals surface area contributed by atoms with E-state index < -0.39 is 5.97 Å². The van der Waals surface area contributed by atoms with Crippen LogP contribution in [0, 0.1) is 0 Å². The van der Waals surface area contributed by atoms with Crippen LogP contribution in [0.15, 0.2) is 66.9 Å². The second-order valence-corrected chi connectivity index (χ2v) is 6.85. The van der Waals surface area contributed by atoms with E-state index in [-0.39, 0.29) is 5.56 Å². The Labute approximate surface area is 164 Å². The lowest BCUT2D eigenvalue weighted by molar-refractivity contribution is 0.0696. The molecule has 1 saturated heterocycles. The summed E-state index contributed by atoms with van der Waals surface area (Å²) in [6.45, 7) is 4.09. The van der Waals surface area contributed by atoms with Crippen molar-refractivity contribution in [2.45, 2.75) is 6.54 Å². The van der Waals surface area contributed by atoms with Crippen LogP contribution in [0.3, 0.4) is 0 Å². The minimum Gasteiger partial charge on any atom is -0.477 e. The standard InChI is InChI=1S/C22H22N4O2/c27-22(28)19-15-23-20(18-9-5-2-6-10-18)24-21(19)26-13-11-25(12-14-26)16-17-7-3-1-4-8-17/h1-10,15H,11-14,16H2,(H,27,28). The number of carboxylic acids is 1. The maximum absolute atomic E-state index is 11.7. The van der Waals surface area contributed by atoms with E-state index in [0.717, 1.165) is 38.3 Å². The van der Waals surface area contributed by atoms with Crippen molar-refractivity contribution in [3.63, 3.8) is 0 Å². The molecule has 142 valence electrons. The molecule has 0 aliphatic carbocycles. The van der Waals surface area contributed by atoms with Gasteiger partial charge in [-0.25, -0.2) is 14.8 Å². The molecule has 0 bridgehead atoms. The van der Waals surface area contributed by atoms with E-state index in [9.17, 15) is 9.90 Å². The molecule has 0 radical (unpaired) electrons. The van der Waals surface area contributed by atoms with Crippen molar-refractivity contribution in [1.82, 2.24) is 14.9 Å². The molecule has 2 heterocycles. The van der Waals surface area contributed by atoms with Gasteiger partial charge in [-0.3, -0.25) is 4.90 Å².